The molecule has 588 valence electrons. The fourth-order valence-electron chi connectivity index (χ4n) is 18.4. The second-order valence-electron chi connectivity index (χ2n) is 33.5. The molecule has 10 nitrogen and oxygen atoms in total. The lowest BCUT2D eigenvalue weighted by molar-refractivity contribution is 0.587. The molecule has 0 bridgehead atoms. The van der Waals surface area contributed by atoms with Crippen LogP contribution in [0.1, 0.15) is 0 Å². The van der Waals surface area contributed by atoms with Crippen LogP contribution in [0.5, 0.6) is 0 Å². The summed E-state index contributed by atoms with van der Waals surface area (Å²) in [5.41, 5.74) is 26.1. The van der Waals surface area contributed by atoms with Crippen molar-refractivity contribution in [3.8, 4) is 66.8 Å². The highest BCUT2D eigenvalue weighted by molar-refractivity contribution is 7.71. The lowest BCUT2D eigenvalue weighted by atomic mass is 9.96. The van der Waals surface area contributed by atoms with Crippen LogP contribution in [-0.2, 0) is 13.7 Å². The zero-order chi connectivity index (χ0) is 83.1. The lowest BCUT2D eigenvalue weighted by Gasteiger charge is -2.16. The molecule has 123 heavy (non-hydrogen) atoms. The van der Waals surface area contributed by atoms with E-state index < -0.39 is 21.4 Å². The van der Waals surface area contributed by atoms with Crippen molar-refractivity contribution in [2.45, 2.75) is 0 Å². The number of pyridine rings is 4. The molecular weight excluding hydrogens is 1560 g/mol. The largest absolute Gasteiger partial charge is 0.319 e. The second kappa shape index (κ2) is 29.3. The Morgan fingerprint density at radius 3 is 1.17 bits per heavy atom. The maximum absolute atomic E-state index is 13.1. The first kappa shape index (κ1) is 75.0. The molecular formula is C110H80N7O3P3. The van der Waals surface area contributed by atoms with Crippen LogP contribution in [0.15, 0.2) is 376 Å². The number of aromatic nitrogens is 7. The van der Waals surface area contributed by atoms with E-state index in [0.29, 0.717) is 0 Å². The van der Waals surface area contributed by atoms with Crippen molar-refractivity contribution in [2.75, 3.05) is 40.0 Å². The van der Waals surface area contributed by atoms with Crippen molar-refractivity contribution in [1.82, 2.24) is 33.1 Å². The van der Waals surface area contributed by atoms with Gasteiger partial charge in [-0.3, -0.25) is 18.2 Å². The first-order chi connectivity index (χ1) is 59.8. The smallest absolute Gasteiger partial charge is 0.146 e. The molecule has 0 atom stereocenters. The highest BCUT2D eigenvalue weighted by Crippen LogP contribution is 2.46. The molecule has 0 saturated heterocycles. The maximum Gasteiger partial charge on any atom is 0.146 e. The highest BCUT2D eigenvalue weighted by atomic mass is 31.2. The molecule has 24 rings (SSSR count). The number of imidazole rings is 3. The third kappa shape index (κ3) is 13.2. The third-order valence-corrected chi connectivity index (χ3v) is 29.2. The Morgan fingerprint density at radius 1 is 0.220 bits per heavy atom. The Labute approximate surface area is 709 Å². The number of hydrogen-bond acceptors (Lipinski definition) is 7. The van der Waals surface area contributed by atoms with Crippen molar-refractivity contribution >= 4 is 185 Å². The first-order valence-corrected chi connectivity index (χ1v) is 49.2. The Hall–Kier alpha value is -14.2. The minimum Gasteiger partial charge on any atom is -0.319 e. The van der Waals surface area contributed by atoms with E-state index in [1.165, 1.54) is 49.0 Å². The van der Waals surface area contributed by atoms with Gasteiger partial charge in [0.15, 0.2) is 0 Å². The summed E-state index contributed by atoms with van der Waals surface area (Å²) in [5.74, 6) is 0. The SMILES string of the molecule is CP(C)(=O)c1ccc(-c2ccc3c4ccccc4c4nc5cc(-c6cccnc6)ccc5n4c3c2)c2ccccc12.CP(C)(=O)c1ccc2ccc(-c3ccc4c5cc(-c6ccccc6)ccc5n5c6ccc(-c7ccccc7)cc6nc5c4c3)cc2c1.CP(C)(=O)c1ccc2ccc(-c3ccc4c5ccccc5c5nc6ccccc6n5c4c3)cc2c1. The molecule has 24 aromatic rings. The van der Waals surface area contributed by atoms with Crippen LogP contribution in [0, 0.1) is 0 Å². The van der Waals surface area contributed by atoms with Gasteiger partial charge in [0.1, 0.15) is 38.4 Å². The molecule has 0 fully saturated rings. The van der Waals surface area contributed by atoms with Crippen molar-refractivity contribution in [3.05, 3.63) is 376 Å². The molecule has 0 unspecified atom stereocenters. The molecule has 0 aliphatic rings. The summed E-state index contributed by atoms with van der Waals surface area (Å²) in [6.07, 6.45) is 3.68. The van der Waals surface area contributed by atoms with Gasteiger partial charge in [-0.2, -0.15) is 0 Å². The number of fused-ring (bicyclic) bond motifs is 27. The molecule has 0 aliphatic carbocycles. The van der Waals surface area contributed by atoms with E-state index in [9.17, 15) is 13.7 Å². The average molecular weight is 1640 g/mol. The Balaban J connectivity index is 0.000000111. The Kier molecular flexibility index (Phi) is 17.9. The number of rotatable bonds is 9. The van der Waals surface area contributed by atoms with Crippen LogP contribution in [0.25, 0.3) is 214 Å². The van der Waals surface area contributed by atoms with Crippen molar-refractivity contribution in [3.63, 3.8) is 0 Å². The van der Waals surface area contributed by atoms with Gasteiger partial charge in [0.2, 0.25) is 0 Å². The van der Waals surface area contributed by atoms with Gasteiger partial charge in [0, 0.05) is 66.2 Å². The van der Waals surface area contributed by atoms with E-state index in [-0.39, 0.29) is 0 Å². The summed E-state index contributed by atoms with van der Waals surface area (Å²) in [5, 5.41) is 20.0. The molecule has 0 spiro atoms. The average Bonchev–Trinajstić information content (AvgIpc) is 1.61. The molecule has 0 aliphatic heterocycles. The van der Waals surface area contributed by atoms with E-state index in [1.807, 2.05) is 88.7 Å². The minimum absolute atomic E-state index is 0.905. The van der Waals surface area contributed by atoms with Gasteiger partial charge < -0.3 is 13.7 Å². The van der Waals surface area contributed by atoms with Gasteiger partial charge in [-0.15, -0.1) is 0 Å². The molecule has 0 N–H and O–H groups in total. The van der Waals surface area contributed by atoms with Crippen molar-refractivity contribution in [1.29, 1.82) is 0 Å². The Bertz CT molecular complexity index is 8700. The van der Waals surface area contributed by atoms with Gasteiger partial charge in [-0.05, 0) is 247 Å². The van der Waals surface area contributed by atoms with E-state index >= 15 is 0 Å². The molecule has 7 heterocycles. The maximum atomic E-state index is 13.1. The van der Waals surface area contributed by atoms with Gasteiger partial charge in [-0.1, -0.05) is 267 Å². The molecule has 0 amide bonds. The molecule has 7 aromatic heterocycles. The minimum atomic E-state index is -2.44. The monoisotopic (exact) mass is 1640 g/mol. The molecule has 17 aromatic carbocycles. The number of para-hydroxylation sites is 2. The van der Waals surface area contributed by atoms with E-state index in [4.69, 9.17) is 15.0 Å². The van der Waals surface area contributed by atoms with Crippen LogP contribution in [-0.4, -0.2) is 73.1 Å². The van der Waals surface area contributed by atoms with E-state index in [1.54, 1.807) is 6.20 Å². The molecule has 13 heteroatoms. The summed E-state index contributed by atoms with van der Waals surface area (Å²) < 4.78 is 45.6. The number of benzene rings is 17. The summed E-state index contributed by atoms with van der Waals surface area (Å²) in [4.78, 5) is 19.8. The van der Waals surface area contributed by atoms with Crippen LogP contribution < -0.4 is 15.9 Å². The summed E-state index contributed by atoms with van der Waals surface area (Å²) in [7, 11) is -7.12. The second-order valence-corrected chi connectivity index (χ2v) is 43.1. The lowest BCUT2D eigenvalue weighted by Crippen LogP contribution is -2.05. The predicted molar refractivity (Wildman–Crippen MR) is 523 cm³/mol. The van der Waals surface area contributed by atoms with Crippen molar-refractivity contribution in [2.24, 2.45) is 0 Å². The summed E-state index contributed by atoms with van der Waals surface area (Å²) in [6, 6.07) is 128. The zero-order valence-corrected chi connectivity index (χ0v) is 71.2. The Morgan fingerprint density at radius 2 is 0.610 bits per heavy atom. The van der Waals surface area contributed by atoms with E-state index in [0.717, 1.165) is 181 Å². The fourth-order valence-corrected chi connectivity index (χ4v) is 21.4. The van der Waals surface area contributed by atoms with Crippen LogP contribution in [0.3, 0.4) is 0 Å². The fraction of sp³-hybridized carbons (Fsp3) is 0.0545. The van der Waals surface area contributed by atoms with Crippen LogP contribution in [0.4, 0.5) is 0 Å². The number of hydrogen-bond donors (Lipinski definition) is 0. The summed E-state index contributed by atoms with van der Waals surface area (Å²) >= 11 is 0. The van der Waals surface area contributed by atoms with Gasteiger partial charge in [-0.25, -0.2) is 15.0 Å². The number of nitrogens with zero attached hydrogens (tertiary/aromatic N) is 7. The predicted octanol–water partition coefficient (Wildman–Crippen LogP) is 28.0. The molecule has 0 saturated carbocycles. The van der Waals surface area contributed by atoms with Gasteiger partial charge in [0.25, 0.3) is 0 Å². The first-order valence-electron chi connectivity index (χ1n) is 41.4. The zero-order valence-electron chi connectivity index (χ0n) is 68.5. The quantitative estimate of drug-likeness (QED) is 0.104. The highest BCUT2D eigenvalue weighted by Gasteiger charge is 2.24. The normalized spacial score (nSPS) is 12.2. The molecule has 0 radical (unpaired) electrons. The van der Waals surface area contributed by atoms with Crippen molar-refractivity contribution < 1.29 is 13.7 Å². The van der Waals surface area contributed by atoms with Gasteiger partial charge >= 0.3 is 0 Å². The van der Waals surface area contributed by atoms with E-state index in [2.05, 4.69) is 340 Å². The van der Waals surface area contributed by atoms with Gasteiger partial charge in [0.05, 0.1) is 49.7 Å². The van der Waals surface area contributed by atoms with Crippen LogP contribution >= 0.6 is 21.4 Å². The topological polar surface area (TPSA) is 116 Å². The summed E-state index contributed by atoms with van der Waals surface area (Å²) in [6.45, 7) is 11.0. The third-order valence-electron chi connectivity index (χ3n) is 24.6. The van der Waals surface area contributed by atoms with Crippen LogP contribution in [0.2, 0.25) is 0 Å². The standard InChI is InChI=1S/C43H31N2OP.C36H26N3OP.C31H23N2OP/c1-47(2,46)36-19-15-30-13-14-31(23-35(30)24-36)33-16-20-37-38-25-32(28-9-5-3-6-10-28)17-21-41(38)45-42-22-18-34(29-11-7-4-8-12-29)27-40(42)44-43(45)39(37)26-33;1-41(2,40)35-18-16-26(27-9-3-5-11-30(27)35)24-13-15-29-28-10-4-6-12-31(28)36-38-32-20-23(25-8-7-19-37-22-25)14-17-33(32)39(36)34(29)21-24;1-35(2,34)24-15-13-20-11-12-21(17-23(20)18-24)22-14-16-26-25-7-3-4-8-27(25)31-32-28-9-5-6-10-29(28)33(31)30(26)19-22/h3-27H,1-2H3;3-22H,1-2H3;3-19H,1-2H3.